The number of sulfonamides is 1. The largest absolute Gasteiger partial charge is 0.493 e. The van der Waals surface area contributed by atoms with Gasteiger partial charge in [0.2, 0.25) is 21.7 Å². The van der Waals surface area contributed by atoms with Gasteiger partial charge in [0.05, 0.1) is 33.3 Å². The Labute approximate surface area is 171 Å². The number of anilines is 1. The Hall–Kier alpha value is -2.94. The monoisotopic (exact) mass is 422 g/mol. The van der Waals surface area contributed by atoms with Crippen molar-refractivity contribution in [3.05, 3.63) is 48.0 Å². The number of ether oxygens (including phenoxy) is 3. The average Bonchev–Trinajstić information content (AvgIpc) is 2.70. The van der Waals surface area contributed by atoms with Crippen LogP contribution >= 0.6 is 0 Å². The van der Waals surface area contributed by atoms with Crippen molar-refractivity contribution < 1.29 is 27.4 Å². The van der Waals surface area contributed by atoms with Crippen molar-refractivity contribution in [2.45, 2.75) is 19.5 Å². The number of nitrogens with one attached hydrogen (secondary N) is 1. The predicted octanol–water partition coefficient (Wildman–Crippen LogP) is 2.18. The summed E-state index contributed by atoms with van der Waals surface area (Å²) in [5.74, 6) is 0.941. The molecule has 0 radical (unpaired) electrons. The Morgan fingerprint density at radius 3 is 2.03 bits per heavy atom. The first-order chi connectivity index (χ1) is 13.7. The molecule has 0 bridgehead atoms. The molecule has 29 heavy (non-hydrogen) atoms. The number of methoxy groups -OCH3 is 3. The molecule has 2 aromatic rings. The molecular weight excluding hydrogens is 396 g/mol. The molecular formula is C20H26N2O6S. The third-order valence-corrected chi connectivity index (χ3v) is 5.53. The van der Waals surface area contributed by atoms with Crippen LogP contribution in [-0.4, -0.2) is 48.0 Å². The number of amides is 1. The lowest BCUT2D eigenvalue weighted by atomic mass is 10.1. The molecule has 2 aromatic carbocycles. The summed E-state index contributed by atoms with van der Waals surface area (Å²) in [7, 11) is 0.858. The van der Waals surface area contributed by atoms with Crippen LogP contribution in [0.2, 0.25) is 0 Å². The molecule has 0 heterocycles. The first-order valence-electron chi connectivity index (χ1n) is 8.84. The molecule has 1 amide bonds. The third-order valence-electron chi connectivity index (χ3n) is 4.29. The van der Waals surface area contributed by atoms with Crippen molar-refractivity contribution in [3.8, 4) is 17.2 Å². The van der Waals surface area contributed by atoms with Crippen molar-refractivity contribution >= 4 is 21.6 Å². The van der Waals surface area contributed by atoms with Crippen molar-refractivity contribution in [1.29, 1.82) is 0 Å². The van der Waals surface area contributed by atoms with E-state index in [1.807, 2.05) is 0 Å². The van der Waals surface area contributed by atoms with Gasteiger partial charge in [0, 0.05) is 6.54 Å². The highest BCUT2D eigenvalue weighted by Gasteiger charge is 2.28. The SMILES string of the molecule is COc1cc(CNC(=O)[C@@H](C)N(c2ccccc2)S(C)(=O)=O)cc(OC)c1OC. The van der Waals surface area contributed by atoms with Gasteiger partial charge in [-0.25, -0.2) is 8.42 Å². The molecule has 8 nitrogen and oxygen atoms in total. The fraction of sp³-hybridized carbons (Fsp3) is 0.350. The maximum Gasteiger partial charge on any atom is 0.243 e. The number of nitrogens with zero attached hydrogens (tertiary/aromatic N) is 1. The first kappa shape index (κ1) is 22.4. The predicted molar refractivity (Wildman–Crippen MR) is 111 cm³/mol. The number of carbonyl (C=O) groups is 1. The van der Waals surface area contributed by atoms with Crippen LogP contribution in [-0.2, 0) is 21.4 Å². The van der Waals surface area contributed by atoms with Crippen molar-refractivity contribution in [2.24, 2.45) is 0 Å². The summed E-state index contributed by atoms with van der Waals surface area (Å²) in [6.07, 6.45) is 1.07. The number of hydrogen-bond acceptors (Lipinski definition) is 6. The van der Waals surface area contributed by atoms with E-state index in [0.717, 1.165) is 10.6 Å². The molecule has 9 heteroatoms. The van der Waals surface area contributed by atoms with Crippen molar-refractivity contribution in [2.75, 3.05) is 31.9 Å². The van der Waals surface area contributed by atoms with Crippen LogP contribution in [0.3, 0.4) is 0 Å². The van der Waals surface area contributed by atoms with E-state index in [1.54, 1.807) is 49.4 Å². The Morgan fingerprint density at radius 2 is 1.59 bits per heavy atom. The van der Waals surface area contributed by atoms with Crippen LogP contribution in [0.25, 0.3) is 0 Å². The number of rotatable bonds is 9. The van der Waals surface area contributed by atoms with Gasteiger partial charge in [-0.15, -0.1) is 0 Å². The lowest BCUT2D eigenvalue weighted by molar-refractivity contribution is -0.122. The summed E-state index contributed by atoms with van der Waals surface area (Å²) in [5, 5.41) is 2.76. The van der Waals surface area contributed by atoms with E-state index in [0.29, 0.717) is 28.5 Å². The van der Waals surface area contributed by atoms with Gasteiger partial charge in [-0.2, -0.15) is 0 Å². The van der Waals surface area contributed by atoms with E-state index in [-0.39, 0.29) is 6.54 Å². The molecule has 0 aromatic heterocycles. The Morgan fingerprint density at radius 1 is 1.03 bits per heavy atom. The van der Waals surface area contributed by atoms with E-state index in [4.69, 9.17) is 14.2 Å². The Kier molecular flexibility index (Phi) is 7.33. The van der Waals surface area contributed by atoms with Gasteiger partial charge in [0.25, 0.3) is 0 Å². The molecule has 1 atom stereocenters. The fourth-order valence-electron chi connectivity index (χ4n) is 2.96. The van der Waals surface area contributed by atoms with E-state index >= 15 is 0 Å². The zero-order valence-electron chi connectivity index (χ0n) is 17.1. The van der Waals surface area contributed by atoms with E-state index < -0.39 is 22.0 Å². The fourth-order valence-corrected chi connectivity index (χ4v) is 4.13. The van der Waals surface area contributed by atoms with Gasteiger partial charge in [0.1, 0.15) is 6.04 Å². The molecule has 1 N–H and O–H groups in total. The van der Waals surface area contributed by atoms with Gasteiger partial charge in [-0.05, 0) is 36.8 Å². The summed E-state index contributed by atoms with van der Waals surface area (Å²) < 4.78 is 41.6. The Bertz CT molecular complexity index is 922. The quantitative estimate of drug-likeness (QED) is 0.666. The molecule has 0 spiro atoms. The van der Waals surface area contributed by atoms with Gasteiger partial charge in [-0.3, -0.25) is 9.10 Å². The topological polar surface area (TPSA) is 94.2 Å². The molecule has 0 aliphatic heterocycles. The number of benzene rings is 2. The lowest BCUT2D eigenvalue weighted by Crippen LogP contribution is -2.47. The first-order valence-corrected chi connectivity index (χ1v) is 10.7. The minimum atomic E-state index is -3.66. The maximum absolute atomic E-state index is 12.7. The second kappa shape index (κ2) is 9.51. The third kappa shape index (κ3) is 5.32. The maximum atomic E-state index is 12.7. The standard InChI is InChI=1S/C20H26N2O6S/c1-14(22(29(5,24)25)16-9-7-6-8-10-16)20(23)21-13-15-11-17(26-2)19(28-4)18(12-15)27-3/h6-12,14H,13H2,1-5H3,(H,21,23)/t14-/m1/s1. The van der Waals surface area contributed by atoms with E-state index in [2.05, 4.69) is 5.32 Å². The molecule has 0 saturated heterocycles. The molecule has 158 valence electrons. The molecule has 0 aliphatic rings. The number of para-hydroxylation sites is 1. The molecule has 0 saturated carbocycles. The summed E-state index contributed by atoms with van der Waals surface area (Å²) in [5.41, 5.74) is 1.14. The van der Waals surface area contributed by atoms with E-state index in [9.17, 15) is 13.2 Å². The second-order valence-electron chi connectivity index (χ2n) is 6.32. The molecule has 2 rings (SSSR count). The number of carbonyl (C=O) groups excluding carboxylic acids is 1. The minimum Gasteiger partial charge on any atom is -0.493 e. The van der Waals surface area contributed by atoms with Gasteiger partial charge >= 0.3 is 0 Å². The minimum absolute atomic E-state index is 0.159. The summed E-state index contributed by atoms with van der Waals surface area (Å²) in [4.78, 5) is 12.7. The van der Waals surface area contributed by atoms with Crippen LogP contribution < -0.4 is 23.8 Å². The van der Waals surface area contributed by atoms with Crippen LogP contribution in [0.4, 0.5) is 5.69 Å². The summed E-state index contributed by atoms with van der Waals surface area (Å²) in [6, 6.07) is 11.0. The highest BCUT2D eigenvalue weighted by atomic mass is 32.2. The highest BCUT2D eigenvalue weighted by molar-refractivity contribution is 7.92. The molecule has 0 aliphatic carbocycles. The molecule has 0 fully saturated rings. The lowest BCUT2D eigenvalue weighted by Gasteiger charge is -2.28. The van der Waals surface area contributed by atoms with Crippen molar-refractivity contribution in [3.63, 3.8) is 0 Å². The van der Waals surface area contributed by atoms with Gasteiger partial charge in [0.15, 0.2) is 11.5 Å². The van der Waals surface area contributed by atoms with Gasteiger partial charge < -0.3 is 19.5 Å². The van der Waals surface area contributed by atoms with Gasteiger partial charge in [-0.1, -0.05) is 18.2 Å². The van der Waals surface area contributed by atoms with Crippen LogP contribution in [0.1, 0.15) is 12.5 Å². The zero-order valence-corrected chi connectivity index (χ0v) is 17.9. The molecule has 0 unspecified atom stereocenters. The van der Waals surface area contributed by atoms with Crippen LogP contribution in [0.15, 0.2) is 42.5 Å². The average molecular weight is 423 g/mol. The number of hydrogen-bond donors (Lipinski definition) is 1. The Balaban J connectivity index is 2.21. The zero-order chi connectivity index (χ0) is 21.6. The van der Waals surface area contributed by atoms with Crippen LogP contribution in [0.5, 0.6) is 17.2 Å². The second-order valence-corrected chi connectivity index (χ2v) is 8.18. The highest BCUT2D eigenvalue weighted by Crippen LogP contribution is 2.38. The van der Waals surface area contributed by atoms with Crippen molar-refractivity contribution in [1.82, 2.24) is 5.32 Å². The normalized spacial score (nSPS) is 12.0. The van der Waals surface area contributed by atoms with E-state index in [1.165, 1.54) is 21.3 Å². The van der Waals surface area contributed by atoms with Crippen LogP contribution in [0, 0.1) is 0 Å². The summed E-state index contributed by atoms with van der Waals surface area (Å²) >= 11 is 0. The smallest absolute Gasteiger partial charge is 0.243 e. The summed E-state index contributed by atoms with van der Waals surface area (Å²) in [6.45, 7) is 1.70.